The topological polar surface area (TPSA) is 74.2 Å². The molecule has 194 valence electrons. The first-order valence-electron chi connectivity index (χ1n) is 13.9. The molecule has 2 aliphatic heterocycles. The van der Waals surface area contributed by atoms with E-state index in [1.54, 1.807) is 0 Å². The zero-order chi connectivity index (χ0) is 24.8. The van der Waals surface area contributed by atoms with E-state index >= 15 is 0 Å². The van der Waals surface area contributed by atoms with Crippen LogP contribution in [0.15, 0.2) is 35.4 Å². The second-order valence-corrected chi connectivity index (χ2v) is 12.4. The summed E-state index contributed by atoms with van der Waals surface area (Å²) in [5.41, 5.74) is 3.71. The molecular weight excluding hydrogens is 456 g/mol. The fraction of sp³-hybridized carbons (Fsp3) is 0.700. The summed E-state index contributed by atoms with van der Waals surface area (Å²) in [5, 5.41) is 12.1. The molecule has 2 heterocycles. The molecule has 6 heteroatoms. The van der Waals surface area contributed by atoms with Crippen molar-refractivity contribution in [2.45, 2.75) is 88.3 Å². The lowest BCUT2D eigenvalue weighted by Gasteiger charge is -2.55. The van der Waals surface area contributed by atoms with Crippen LogP contribution in [-0.2, 0) is 29.5 Å². The predicted octanol–water partition coefficient (Wildman–Crippen LogP) is 4.74. The van der Waals surface area contributed by atoms with Crippen LogP contribution in [0, 0.1) is 17.3 Å². The number of ketones is 1. The van der Waals surface area contributed by atoms with Crippen LogP contribution in [-0.4, -0.2) is 48.7 Å². The van der Waals surface area contributed by atoms with Crippen molar-refractivity contribution in [1.82, 2.24) is 0 Å². The Morgan fingerprint density at radius 3 is 2.31 bits per heavy atom. The van der Waals surface area contributed by atoms with Crippen molar-refractivity contribution >= 4 is 5.78 Å². The molecule has 1 N–H and O–H groups in total. The molecule has 1 spiro atoms. The number of Topliss-reactive ketones (excluding diaryl/α,β-unsaturated/α-hetero) is 1. The third kappa shape index (κ3) is 3.31. The molecule has 36 heavy (non-hydrogen) atoms. The minimum absolute atomic E-state index is 0.131. The van der Waals surface area contributed by atoms with Gasteiger partial charge in [0.2, 0.25) is 0 Å². The molecule has 3 saturated carbocycles. The molecule has 1 aromatic carbocycles. The molecule has 6 aliphatic rings. The maximum Gasteiger partial charge on any atom is 0.192 e. The first-order chi connectivity index (χ1) is 17.3. The first kappa shape index (κ1) is 23.5. The second kappa shape index (κ2) is 7.97. The van der Waals surface area contributed by atoms with E-state index in [0.717, 1.165) is 44.1 Å². The van der Waals surface area contributed by atoms with Gasteiger partial charge in [0.15, 0.2) is 11.6 Å². The summed E-state index contributed by atoms with van der Waals surface area (Å²) in [6, 6.07) is 8.64. The molecule has 2 saturated heterocycles. The molecule has 0 amide bonds. The fourth-order valence-electron chi connectivity index (χ4n) is 8.78. The average molecular weight is 495 g/mol. The molecule has 6 nitrogen and oxygen atoms in total. The van der Waals surface area contributed by atoms with Crippen molar-refractivity contribution in [2.75, 3.05) is 26.4 Å². The average Bonchev–Trinajstić information content (AvgIpc) is 3.58. The van der Waals surface area contributed by atoms with Gasteiger partial charge >= 0.3 is 0 Å². The molecule has 0 radical (unpaired) electrons. The predicted molar refractivity (Wildman–Crippen MR) is 132 cm³/mol. The number of rotatable bonds is 2. The SMILES string of the molecule is CC1(c2ccc([C@H]3C[C@]4(C)C(=O)CCC4C4CC[C@@]5(O)CC6(CCC5=C43)OCCO6)cc2)OCCO1. The summed E-state index contributed by atoms with van der Waals surface area (Å²) in [4.78, 5) is 13.2. The van der Waals surface area contributed by atoms with E-state index in [1.165, 1.54) is 16.7 Å². The number of ether oxygens (including phenoxy) is 4. The van der Waals surface area contributed by atoms with Gasteiger partial charge in [-0.1, -0.05) is 36.8 Å². The number of hydrogen-bond acceptors (Lipinski definition) is 6. The van der Waals surface area contributed by atoms with Gasteiger partial charge < -0.3 is 24.1 Å². The maximum absolute atomic E-state index is 13.2. The Kier molecular flexibility index (Phi) is 5.21. The Morgan fingerprint density at radius 2 is 1.58 bits per heavy atom. The summed E-state index contributed by atoms with van der Waals surface area (Å²) in [6.07, 6.45) is 6.25. The minimum atomic E-state index is -0.887. The van der Waals surface area contributed by atoms with Gasteiger partial charge in [0.1, 0.15) is 5.78 Å². The van der Waals surface area contributed by atoms with E-state index in [9.17, 15) is 9.90 Å². The third-order valence-corrected chi connectivity index (χ3v) is 10.6. The summed E-state index contributed by atoms with van der Waals surface area (Å²) in [6.45, 7) is 6.62. The van der Waals surface area contributed by atoms with Crippen molar-refractivity contribution in [1.29, 1.82) is 0 Å². The fourth-order valence-corrected chi connectivity index (χ4v) is 8.78. The Labute approximate surface area is 213 Å². The summed E-state index contributed by atoms with van der Waals surface area (Å²) >= 11 is 0. The van der Waals surface area contributed by atoms with Gasteiger partial charge in [0.05, 0.1) is 32.0 Å². The van der Waals surface area contributed by atoms with Crippen LogP contribution in [0.2, 0.25) is 0 Å². The van der Waals surface area contributed by atoms with E-state index in [-0.39, 0.29) is 11.3 Å². The quantitative estimate of drug-likeness (QED) is 0.599. The van der Waals surface area contributed by atoms with Crippen molar-refractivity contribution in [3.8, 4) is 0 Å². The normalized spacial score (nSPS) is 40.9. The van der Waals surface area contributed by atoms with Crippen LogP contribution in [0.4, 0.5) is 0 Å². The summed E-state index contributed by atoms with van der Waals surface area (Å²) < 4.78 is 23.8. The van der Waals surface area contributed by atoms with Crippen molar-refractivity contribution in [2.24, 2.45) is 17.3 Å². The monoisotopic (exact) mass is 494 g/mol. The lowest BCUT2D eigenvalue weighted by molar-refractivity contribution is -0.208. The highest BCUT2D eigenvalue weighted by atomic mass is 16.7. The van der Waals surface area contributed by atoms with Crippen LogP contribution < -0.4 is 0 Å². The van der Waals surface area contributed by atoms with Gasteiger partial charge in [-0.15, -0.1) is 0 Å². The van der Waals surface area contributed by atoms with Crippen molar-refractivity contribution in [3.05, 3.63) is 46.5 Å². The molecule has 0 aromatic heterocycles. The van der Waals surface area contributed by atoms with Crippen LogP contribution in [0.1, 0.15) is 82.3 Å². The Bertz CT molecular complexity index is 1090. The number of hydrogen-bond donors (Lipinski definition) is 1. The summed E-state index contributed by atoms with van der Waals surface area (Å²) in [7, 11) is 0. The van der Waals surface area contributed by atoms with E-state index < -0.39 is 17.2 Å². The molecule has 0 bridgehead atoms. The standard InChI is InChI=1S/C30H38O6/c1-27-17-22(19-3-5-20(6-4-19)28(2)33-13-14-34-28)26-21(23(27)7-8-25(27)31)9-11-29(32)18-30(12-10-24(26)29)35-15-16-36-30/h3-6,21-23,32H,7-18H2,1-2H3/t21?,22-,23?,27+,29-/m1/s1. The Hall–Kier alpha value is -1.57. The van der Waals surface area contributed by atoms with E-state index in [4.69, 9.17) is 18.9 Å². The second-order valence-electron chi connectivity index (χ2n) is 12.4. The summed E-state index contributed by atoms with van der Waals surface area (Å²) in [5.74, 6) is -0.0406. The first-order valence-corrected chi connectivity index (χ1v) is 13.9. The zero-order valence-electron chi connectivity index (χ0n) is 21.5. The molecule has 5 atom stereocenters. The molecule has 5 fully saturated rings. The Morgan fingerprint density at radius 1 is 0.889 bits per heavy atom. The number of aliphatic hydroxyl groups is 1. The highest BCUT2D eigenvalue weighted by Crippen LogP contribution is 2.64. The smallest absolute Gasteiger partial charge is 0.192 e. The molecular formula is C30H38O6. The lowest BCUT2D eigenvalue weighted by Crippen LogP contribution is -2.53. The number of benzene rings is 1. The van der Waals surface area contributed by atoms with Gasteiger partial charge in [-0.2, -0.15) is 0 Å². The lowest BCUT2D eigenvalue weighted by atomic mass is 9.51. The van der Waals surface area contributed by atoms with Crippen LogP contribution in [0.5, 0.6) is 0 Å². The zero-order valence-corrected chi connectivity index (χ0v) is 21.5. The van der Waals surface area contributed by atoms with Crippen LogP contribution in [0.3, 0.4) is 0 Å². The van der Waals surface area contributed by atoms with Crippen molar-refractivity contribution < 1.29 is 28.8 Å². The van der Waals surface area contributed by atoms with Gasteiger partial charge in [-0.3, -0.25) is 4.79 Å². The number of carbonyl (C=O) groups excluding carboxylic acids is 1. The maximum atomic E-state index is 13.2. The van der Waals surface area contributed by atoms with Crippen LogP contribution >= 0.6 is 0 Å². The largest absolute Gasteiger partial charge is 0.385 e. The van der Waals surface area contributed by atoms with E-state index in [0.29, 0.717) is 56.9 Å². The van der Waals surface area contributed by atoms with Gasteiger partial charge in [0, 0.05) is 36.2 Å². The third-order valence-electron chi connectivity index (χ3n) is 10.6. The number of fused-ring (bicyclic) bond motifs is 4. The van der Waals surface area contributed by atoms with E-state index in [2.05, 4.69) is 31.2 Å². The van der Waals surface area contributed by atoms with Gasteiger partial charge in [-0.05, 0) is 62.0 Å². The molecule has 1 aromatic rings. The van der Waals surface area contributed by atoms with Gasteiger partial charge in [0.25, 0.3) is 0 Å². The van der Waals surface area contributed by atoms with Crippen LogP contribution in [0.25, 0.3) is 0 Å². The molecule has 2 unspecified atom stereocenters. The van der Waals surface area contributed by atoms with E-state index in [1.807, 2.05) is 6.92 Å². The highest BCUT2D eigenvalue weighted by molar-refractivity contribution is 5.87. The number of carbonyl (C=O) groups is 1. The highest BCUT2D eigenvalue weighted by Gasteiger charge is 2.60. The molecule has 4 aliphatic carbocycles. The van der Waals surface area contributed by atoms with Gasteiger partial charge in [-0.25, -0.2) is 0 Å². The van der Waals surface area contributed by atoms with Crippen molar-refractivity contribution in [3.63, 3.8) is 0 Å². The molecule has 7 rings (SSSR count). The minimum Gasteiger partial charge on any atom is -0.385 e. The number of allylic oxidation sites excluding steroid dienone is 1. The Balaban J connectivity index is 1.31.